The Kier molecular flexibility index (Phi) is 7.29. The Labute approximate surface area is 165 Å². The van der Waals surface area contributed by atoms with E-state index in [9.17, 15) is 27.6 Å². The van der Waals surface area contributed by atoms with Crippen molar-refractivity contribution in [3.63, 3.8) is 0 Å². The zero-order valence-electron chi connectivity index (χ0n) is 15.1. The smallest absolute Gasteiger partial charge is 0.406 e. The van der Waals surface area contributed by atoms with E-state index in [1.54, 1.807) is 6.92 Å². The number of amides is 2. The van der Waals surface area contributed by atoms with Gasteiger partial charge in [-0.25, -0.2) is 0 Å². The first-order chi connectivity index (χ1) is 13.1. The zero-order chi connectivity index (χ0) is 20.9. The van der Waals surface area contributed by atoms with Gasteiger partial charge in [-0.2, -0.15) is 13.2 Å². The lowest BCUT2D eigenvalue weighted by Gasteiger charge is -2.30. The number of ether oxygens (including phenoxy) is 1. The van der Waals surface area contributed by atoms with E-state index in [4.69, 9.17) is 16.3 Å². The van der Waals surface area contributed by atoms with Gasteiger partial charge in [0, 0.05) is 16.6 Å². The first kappa shape index (κ1) is 22.0. The molecule has 28 heavy (non-hydrogen) atoms. The highest BCUT2D eigenvalue weighted by molar-refractivity contribution is 6.30. The molecule has 1 aliphatic rings. The van der Waals surface area contributed by atoms with Crippen molar-refractivity contribution < 1.29 is 32.3 Å². The second-order valence-electron chi connectivity index (χ2n) is 6.57. The van der Waals surface area contributed by atoms with Gasteiger partial charge in [-0.05, 0) is 49.9 Å². The molecule has 0 unspecified atom stereocenters. The van der Waals surface area contributed by atoms with E-state index in [0.717, 1.165) is 12.8 Å². The van der Waals surface area contributed by atoms with Crippen LogP contribution < -0.4 is 5.32 Å². The number of rotatable bonds is 8. The molecule has 0 spiro atoms. The lowest BCUT2D eigenvalue weighted by atomic mass is 10.2. The van der Waals surface area contributed by atoms with Gasteiger partial charge < -0.3 is 15.0 Å². The minimum atomic E-state index is -4.55. The molecule has 10 heteroatoms. The Morgan fingerprint density at radius 3 is 2.39 bits per heavy atom. The molecule has 1 atom stereocenters. The number of hydrogen-bond acceptors (Lipinski definition) is 4. The normalized spacial score (nSPS) is 14.9. The Bertz CT molecular complexity index is 721. The maximum atomic E-state index is 12.7. The third-order valence-electron chi connectivity index (χ3n) is 4.32. The van der Waals surface area contributed by atoms with Gasteiger partial charge in [0.15, 0.2) is 6.61 Å². The summed E-state index contributed by atoms with van der Waals surface area (Å²) in [5, 5.41) is 2.74. The number of hydrogen-bond donors (Lipinski definition) is 1. The summed E-state index contributed by atoms with van der Waals surface area (Å²) in [7, 11) is 0. The molecule has 1 saturated carbocycles. The van der Waals surface area contributed by atoms with Crippen molar-refractivity contribution in [2.45, 2.75) is 32.0 Å². The Hall–Kier alpha value is -2.29. The quantitative estimate of drug-likeness (QED) is 0.656. The van der Waals surface area contributed by atoms with Crippen LogP contribution in [0.3, 0.4) is 0 Å². The number of carbonyl (C=O) groups excluding carboxylic acids is 3. The lowest BCUT2D eigenvalue weighted by molar-refractivity contribution is -0.170. The van der Waals surface area contributed by atoms with Crippen LogP contribution in [0.4, 0.5) is 13.2 Å². The van der Waals surface area contributed by atoms with Crippen molar-refractivity contribution in [1.29, 1.82) is 0 Å². The number of nitrogens with one attached hydrogen (secondary N) is 1. The number of benzene rings is 1. The van der Waals surface area contributed by atoms with Crippen LogP contribution in [-0.2, 0) is 14.3 Å². The van der Waals surface area contributed by atoms with Crippen LogP contribution in [0.2, 0.25) is 5.02 Å². The largest absolute Gasteiger partial charge is 0.454 e. The van der Waals surface area contributed by atoms with E-state index in [0.29, 0.717) is 9.92 Å². The summed E-state index contributed by atoms with van der Waals surface area (Å²) < 4.78 is 43.0. The maximum absolute atomic E-state index is 12.7. The molecule has 2 rings (SSSR count). The third kappa shape index (κ3) is 7.03. The lowest BCUT2D eigenvalue weighted by Crippen LogP contribution is -2.47. The average molecular weight is 421 g/mol. The molecule has 1 aromatic carbocycles. The van der Waals surface area contributed by atoms with Gasteiger partial charge in [0.2, 0.25) is 0 Å². The number of carbonyl (C=O) groups is 3. The van der Waals surface area contributed by atoms with Crippen LogP contribution >= 0.6 is 11.6 Å². The third-order valence-corrected chi connectivity index (χ3v) is 4.57. The first-order valence-electron chi connectivity index (χ1n) is 8.62. The van der Waals surface area contributed by atoms with Gasteiger partial charge in [0.05, 0.1) is 0 Å². The summed E-state index contributed by atoms with van der Waals surface area (Å²) in [5.41, 5.74) is 0.267. The van der Waals surface area contributed by atoms with Crippen LogP contribution in [-0.4, -0.2) is 54.6 Å². The second-order valence-corrected chi connectivity index (χ2v) is 7.00. The fourth-order valence-electron chi connectivity index (χ4n) is 2.62. The molecule has 1 aromatic rings. The highest BCUT2D eigenvalue weighted by atomic mass is 35.5. The topological polar surface area (TPSA) is 75.7 Å². The van der Waals surface area contributed by atoms with Crippen molar-refractivity contribution in [3.8, 4) is 0 Å². The molecular formula is C18H20ClF3N2O4. The Morgan fingerprint density at radius 2 is 1.86 bits per heavy atom. The van der Waals surface area contributed by atoms with E-state index >= 15 is 0 Å². The molecule has 1 fully saturated rings. The van der Waals surface area contributed by atoms with Crippen LogP contribution in [0.15, 0.2) is 24.3 Å². The van der Waals surface area contributed by atoms with Crippen LogP contribution in [0.25, 0.3) is 0 Å². The number of halogens is 4. The predicted molar refractivity (Wildman–Crippen MR) is 94.7 cm³/mol. The van der Waals surface area contributed by atoms with Gasteiger partial charge in [-0.15, -0.1) is 0 Å². The summed E-state index contributed by atoms with van der Waals surface area (Å²) >= 11 is 5.71. The molecule has 2 amide bonds. The van der Waals surface area contributed by atoms with Gasteiger partial charge in [-0.3, -0.25) is 14.4 Å². The average Bonchev–Trinajstić information content (AvgIpc) is 3.46. The molecular weight excluding hydrogens is 401 g/mol. The van der Waals surface area contributed by atoms with Crippen LogP contribution in [0, 0.1) is 5.92 Å². The number of alkyl halides is 3. The van der Waals surface area contributed by atoms with Crippen molar-refractivity contribution in [2.24, 2.45) is 5.92 Å². The standard InChI is InChI=1S/C18H20ClF3N2O4/c1-11(12-2-3-12)24(10-18(20,21)22)15(25)9-28-16(26)8-23-17(27)13-4-6-14(19)7-5-13/h4-7,11-12H,2-3,8-10H2,1H3,(H,23,27)/t11-/m1/s1. The van der Waals surface area contributed by atoms with Gasteiger partial charge in [0.1, 0.15) is 13.1 Å². The number of nitrogens with zero attached hydrogens (tertiary/aromatic N) is 1. The maximum Gasteiger partial charge on any atom is 0.406 e. The van der Waals surface area contributed by atoms with Crippen molar-refractivity contribution in [1.82, 2.24) is 10.2 Å². The fraction of sp³-hybridized carbons (Fsp3) is 0.500. The summed E-state index contributed by atoms with van der Waals surface area (Å²) in [5.74, 6) is -2.38. The van der Waals surface area contributed by atoms with Crippen molar-refractivity contribution in [2.75, 3.05) is 19.7 Å². The molecule has 0 aromatic heterocycles. The Morgan fingerprint density at radius 1 is 1.25 bits per heavy atom. The minimum Gasteiger partial charge on any atom is -0.454 e. The fourth-order valence-corrected chi connectivity index (χ4v) is 2.74. The number of esters is 1. The van der Waals surface area contributed by atoms with Gasteiger partial charge in [-0.1, -0.05) is 11.6 Å². The van der Waals surface area contributed by atoms with E-state index in [2.05, 4.69) is 5.32 Å². The summed E-state index contributed by atoms with van der Waals surface area (Å²) in [6.07, 6.45) is -3.02. The first-order valence-corrected chi connectivity index (χ1v) is 9.00. The molecule has 154 valence electrons. The summed E-state index contributed by atoms with van der Waals surface area (Å²) in [6.45, 7) is -1.18. The molecule has 6 nitrogen and oxygen atoms in total. The van der Waals surface area contributed by atoms with E-state index in [1.165, 1.54) is 24.3 Å². The minimum absolute atomic E-state index is 0.0284. The van der Waals surface area contributed by atoms with Gasteiger partial charge in [0.25, 0.3) is 11.8 Å². The van der Waals surface area contributed by atoms with Crippen LogP contribution in [0.5, 0.6) is 0 Å². The molecule has 1 N–H and O–H groups in total. The molecule has 0 aliphatic heterocycles. The monoisotopic (exact) mass is 420 g/mol. The second kappa shape index (κ2) is 9.27. The van der Waals surface area contributed by atoms with E-state index < -0.39 is 49.7 Å². The van der Waals surface area contributed by atoms with E-state index in [1.807, 2.05) is 0 Å². The van der Waals surface area contributed by atoms with Crippen molar-refractivity contribution in [3.05, 3.63) is 34.9 Å². The summed E-state index contributed by atoms with van der Waals surface area (Å²) in [4.78, 5) is 36.4. The van der Waals surface area contributed by atoms with Crippen LogP contribution in [0.1, 0.15) is 30.1 Å². The molecule has 0 bridgehead atoms. The molecule has 0 heterocycles. The Balaban J connectivity index is 1.81. The SMILES string of the molecule is C[C@H](C1CC1)N(CC(F)(F)F)C(=O)COC(=O)CNC(=O)c1ccc(Cl)cc1. The summed E-state index contributed by atoms with van der Waals surface area (Å²) in [6, 6.07) is 5.34. The van der Waals surface area contributed by atoms with Gasteiger partial charge >= 0.3 is 12.1 Å². The molecule has 0 radical (unpaired) electrons. The highest BCUT2D eigenvalue weighted by Gasteiger charge is 2.40. The highest BCUT2D eigenvalue weighted by Crippen LogP contribution is 2.36. The van der Waals surface area contributed by atoms with Crippen molar-refractivity contribution >= 4 is 29.4 Å². The predicted octanol–water partition coefficient (Wildman–Crippen LogP) is 2.80. The zero-order valence-corrected chi connectivity index (χ0v) is 15.8. The van der Waals surface area contributed by atoms with E-state index in [-0.39, 0.29) is 11.5 Å². The molecule has 0 saturated heterocycles. The molecule has 1 aliphatic carbocycles.